The van der Waals surface area contributed by atoms with Crippen molar-refractivity contribution in [1.82, 2.24) is 10.6 Å². The van der Waals surface area contributed by atoms with Crippen LogP contribution < -0.4 is 15.4 Å². The fourth-order valence-corrected chi connectivity index (χ4v) is 1.97. The van der Waals surface area contributed by atoms with E-state index in [1.165, 1.54) is 19.4 Å². The summed E-state index contributed by atoms with van der Waals surface area (Å²) in [6, 6.07) is 6.34. The van der Waals surface area contributed by atoms with Gasteiger partial charge >= 0.3 is 0 Å². The van der Waals surface area contributed by atoms with Crippen LogP contribution in [0.5, 0.6) is 11.5 Å². The predicted molar refractivity (Wildman–Crippen MR) is 82.3 cm³/mol. The van der Waals surface area contributed by atoms with Gasteiger partial charge in [-0.1, -0.05) is 6.07 Å². The average molecular weight is 318 g/mol. The molecule has 23 heavy (non-hydrogen) atoms. The summed E-state index contributed by atoms with van der Waals surface area (Å²) in [5, 5.41) is 14.7. The highest BCUT2D eigenvalue weighted by atomic mass is 16.5. The van der Waals surface area contributed by atoms with Crippen molar-refractivity contribution in [3.05, 3.63) is 47.4 Å². The van der Waals surface area contributed by atoms with E-state index >= 15 is 0 Å². The van der Waals surface area contributed by atoms with Crippen LogP contribution in [0.3, 0.4) is 0 Å². The molecule has 2 aromatic rings. The fraction of sp³-hybridized carbons (Fsp3) is 0.250. The highest BCUT2D eigenvalue weighted by molar-refractivity contribution is 5.97. The lowest BCUT2D eigenvalue weighted by Crippen LogP contribution is -2.36. The lowest BCUT2D eigenvalue weighted by molar-refractivity contribution is -0.120. The number of aromatic hydroxyl groups is 1. The Hall–Kier alpha value is -2.96. The molecule has 7 nitrogen and oxygen atoms in total. The van der Waals surface area contributed by atoms with Gasteiger partial charge in [0.1, 0.15) is 5.76 Å². The molecule has 1 aromatic heterocycles. The van der Waals surface area contributed by atoms with Gasteiger partial charge in [-0.05, 0) is 30.7 Å². The highest BCUT2D eigenvalue weighted by Crippen LogP contribution is 2.26. The molecular formula is C16H18N2O5. The van der Waals surface area contributed by atoms with E-state index < -0.39 is 0 Å². The van der Waals surface area contributed by atoms with Crippen LogP contribution in [0.1, 0.15) is 21.7 Å². The Morgan fingerprint density at radius 3 is 2.70 bits per heavy atom. The largest absolute Gasteiger partial charge is 0.504 e. The number of amides is 2. The van der Waals surface area contributed by atoms with Crippen LogP contribution in [0.4, 0.5) is 0 Å². The van der Waals surface area contributed by atoms with E-state index in [-0.39, 0.29) is 30.7 Å². The maximum Gasteiger partial charge on any atom is 0.255 e. The molecule has 0 aliphatic heterocycles. The first kappa shape index (κ1) is 16.4. The van der Waals surface area contributed by atoms with Gasteiger partial charge in [-0.3, -0.25) is 9.59 Å². The van der Waals surface area contributed by atoms with Crippen LogP contribution in [0.15, 0.2) is 34.9 Å². The van der Waals surface area contributed by atoms with E-state index in [0.29, 0.717) is 17.1 Å². The van der Waals surface area contributed by atoms with Crippen molar-refractivity contribution in [3.8, 4) is 11.5 Å². The Kier molecular flexibility index (Phi) is 5.24. The summed E-state index contributed by atoms with van der Waals surface area (Å²) in [4.78, 5) is 23.6. The van der Waals surface area contributed by atoms with Gasteiger partial charge in [0.15, 0.2) is 11.5 Å². The van der Waals surface area contributed by atoms with Crippen molar-refractivity contribution in [1.29, 1.82) is 0 Å². The summed E-state index contributed by atoms with van der Waals surface area (Å²) in [6.45, 7) is 1.79. The van der Waals surface area contributed by atoms with E-state index in [1.807, 2.05) is 0 Å². The van der Waals surface area contributed by atoms with Crippen LogP contribution >= 0.6 is 0 Å². The van der Waals surface area contributed by atoms with Crippen LogP contribution in [0, 0.1) is 6.92 Å². The molecule has 7 heteroatoms. The zero-order valence-electron chi connectivity index (χ0n) is 12.9. The van der Waals surface area contributed by atoms with E-state index in [9.17, 15) is 14.7 Å². The monoisotopic (exact) mass is 318 g/mol. The molecule has 0 radical (unpaired) electrons. The molecule has 1 aromatic carbocycles. The second-order valence-corrected chi connectivity index (χ2v) is 4.86. The summed E-state index contributed by atoms with van der Waals surface area (Å²) in [5.41, 5.74) is 1.17. The van der Waals surface area contributed by atoms with Gasteiger partial charge in [0, 0.05) is 6.54 Å². The zero-order valence-corrected chi connectivity index (χ0v) is 12.9. The van der Waals surface area contributed by atoms with Crippen molar-refractivity contribution >= 4 is 11.8 Å². The highest BCUT2D eigenvalue weighted by Gasteiger charge is 2.12. The van der Waals surface area contributed by atoms with Crippen LogP contribution in [-0.4, -0.2) is 30.6 Å². The topological polar surface area (TPSA) is 101 Å². The lowest BCUT2D eigenvalue weighted by atomic mass is 10.2. The number of hydrogen-bond acceptors (Lipinski definition) is 5. The molecule has 0 atom stereocenters. The molecule has 0 fully saturated rings. The van der Waals surface area contributed by atoms with Gasteiger partial charge < -0.3 is 24.9 Å². The lowest BCUT2D eigenvalue weighted by Gasteiger charge is -2.09. The summed E-state index contributed by atoms with van der Waals surface area (Å²) in [6.07, 6.45) is 1.42. The van der Waals surface area contributed by atoms with Gasteiger partial charge in [-0.25, -0.2) is 0 Å². The molecule has 0 aliphatic carbocycles. The predicted octanol–water partition coefficient (Wildman–Crippen LogP) is 1.35. The van der Waals surface area contributed by atoms with Crippen molar-refractivity contribution < 1.29 is 23.8 Å². The number of carbonyl (C=O) groups is 2. The first-order chi connectivity index (χ1) is 11.0. The minimum Gasteiger partial charge on any atom is -0.504 e. The minimum atomic E-state index is -0.363. The number of carbonyl (C=O) groups excluding carboxylic acids is 2. The number of furan rings is 1. The molecular weight excluding hydrogens is 300 g/mol. The third-order valence-corrected chi connectivity index (χ3v) is 3.25. The Morgan fingerprint density at radius 1 is 1.26 bits per heavy atom. The number of phenols is 1. The third kappa shape index (κ3) is 4.26. The molecule has 3 N–H and O–H groups in total. The van der Waals surface area contributed by atoms with E-state index in [1.54, 1.807) is 25.1 Å². The molecule has 2 amide bonds. The Morgan fingerprint density at radius 2 is 2.04 bits per heavy atom. The van der Waals surface area contributed by atoms with Crippen molar-refractivity contribution in [2.24, 2.45) is 0 Å². The molecule has 122 valence electrons. The number of rotatable bonds is 6. The molecule has 0 saturated heterocycles. The van der Waals surface area contributed by atoms with Crippen LogP contribution in [0.2, 0.25) is 0 Å². The number of hydrogen-bond donors (Lipinski definition) is 3. The summed E-state index contributed by atoms with van der Waals surface area (Å²) < 4.78 is 10.0. The van der Waals surface area contributed by atoms with Gasteiger partial charge in [0.05, 0.1) is 25.5 Å². The maximum atomic E-state index is 11.8. The van der Waals surface area contributed by atoms with Crippen molar-refractivity contribution in [3.63, 3.8) is 0 Å². The van der Waals surface area contributed by atoms with E-state index in [4.69, 9.17) is 9.15 Å². The second-order valence-electron chi connectivity index (χ2n) is 4.86. The normalized spacial score (nSPS) is 10.2. The minimum absolute atomic E-state index is 0.0327. The van der Waals surface area contributed by atoms with Crippen molar-refractivity contribution in [2.45, 2.75) is 13.5 Å². The number of ether oxygens (including phenoxy) is 1. The van der Waals surface area contributed by atoms with Crippen molar-refractivity contribution in [2.75, 3.05) is 13.7 Å². The number of methoxy groups -OCH3 is 1. The number of benzene rings is 1. The summed E-state index contributed by atoms with van der Waals surface area (Å²) in [7, 11) is 1.45. The van der Waals surface area contributed by atoms with Gasteiger partial charge in [0.2, 0.25) is 5.91 Å². The Balaban J connectivity index is 1.81. The molecule has 0 saturated carbocycles. The number of phenolic OH excluding ortho intramolecular Hbond substituents is 1. The molecule has 0 unspecified atom stereocenters. The van der Waals surface area contributed by atoms with Gasteiger partial charge in [0.25, 0.3) is 5.91 Å². The molecule has 0 aliphatic rings. The number of nitrogens with one attached hydrogen (secondary N) is 2. The second kappa shape index (κ2) is 7.35. The summed E-state index contributed by atoms with van der Waals surface area (Å²) >= 11 is 0. The first-order valence-electron chi connectivity index (χ1n) is 6.96. The van der Waals surface area contributed by atoms with E-state index in [0.717, 1.165) is 5.56 Å². The number of aryl methyl sites for hydroxylation is 1. The quantitative estimate of drug-likeness (QED) is 0.746. The molecule has 1 heterocycles. The molecule has 0 spiro atoms. The molecule has 0 bridgehead atoms. The van der Waals surface area contributed by atoms with Gasteiger partial charge in [-0.15, -0.1) is 0 Å². The Labute approximate surface area is 133 Å². The zero-order chi connectivity index (χ0) is 16.8. The Bertz CT molecular complexity index is 708. The van der Waals surface area contributed by atoms with Crippen LogP contribution in [0.25, 0.3) is 0 Å². The van der Waals surface area contributed by atoms with Gasteiger partial charge in [-0.2, -0.15) is 0 Å². The summed E-state index contributed by atoms with van der Waals surface area (Å²) in [5.74, 6) is 0.175. The third-order valence-electron chi connectivity index (χ3n) is 3.25. The molecule has 2 rings (SSSR count). The first-order valence-corrected chi connectivity index (χ1v) is 6.96. The average Bonchev–Trinajstić information content (AvgIpc) is 2.98. The smallest absolute Gasteiger partial charge is 0.255 e. The van der Waals surface area contributed by atoms with Crippen LogP contribution in [-0.2, 0) is 11.3 Å². The fourth-order valence-electron chi connectivity index (χ4n) is 1.97. The SMILES string of the molecule is COc1cc(CNC(=O)CNC(=O)c2ccoc2C)ccc1O. The van der Waals surface area contributed by atoms with E-state index in [2.05, 4.69) is 10.6 Å². The maximum absolute atomic E-state index is 11.8. The standard InChI is InChI=1S/C16H18N2O5/c1-10-12(5-6-23-10)16(21)18-9-15(20)17-8-11-3-4-13(19)14(7-11)22-2/h3-7,19H,8-9H2,1-2H3,(H,17,20)(H,18,21).